The van der Waals surface area contributed by atoms with Gasteiger partial charge >= 0.3 is 0 Å². The summed E-state index contributed by atoms with van der Waals surface area (Å²) in [4.78, 5) is 12.2. The SMILES string of the molecule is O=C(Nc1cc(Cl)ccc1O)c1ccn(COc2ccc(F)c(Cl)c2)n1. The van der Waals surface area contributed by atoms with E-state index in [9.17, 15) is 14.3 Å². The van der Waals surface area contributed by atoms with Gasteiger partial charge in [-0.05, 0) is 36.4 Å². The molecule has 0 atom stereocenters. The van der Waals surface area contributed by atoms with E-state index >= 15 is 0 Å². The molecule has 2 N–H and O–H groups in total. The average Bonchev–Trinajstić information content (AvgIpc) is 3.08. The van der Waals surface area contributed by atoms with Gasteiger partial charge < -0.3 is 15.2 Å². The number of phenols is 1. The van der Waals surface area contributed by atoms with Crippen molar-refractivity contribution < 1.29 is 19.0 Å². The highest BCUT2D eigenvalue weighted by molar-refractivity contribution is 6.31. The van der Waals surface area contributed by atoms with E-state index in [1.54, 1.807) is 0 Å². The van der Waals surface area contributed by atoms with Crippen LogP contribution < -0.4 is 10.1 Å². The summed E-state index contributed by atoms with van der Waals surface area (Å²) in [5.74, 6) is -0.812. The van der Waals surface area contributed by atoms with Gasteiger partial charge in [0.2, 0.25) is 0 Å². The molecule has 6 nitrogen and oxygen atoms in total. The van der Waals surface area contributed by atoms with Crippen molar-refractivity contribution in [3.8, 4) is 11.5 Å². The topological polar surface area (TPSA) is 76.4 Å². The Balaban J connectivity index is 1.64. The van der Waals surface area contributed by atoms with Crippen molar-refractivity contribution in [3.05, 3.63) is 70.2 Å². The summed E-state index contributed by atoms with van der Waals surface area (Å²) in [6.45, 7) is -0.00232. The van der Waals surface area contributed by atoms with Gasteiger partial charge in [0.05, 0.1) is 10.7 Å². The van der Waals surface area contributed by atoms with Crippen LogP contribution in [0.2, 0.25) is 10.0 Å². The molecule has 0 bridgehead atoms. The highest BCUT2D eigenvalue weighted by Crippen LogP contribution is 2.27. The lowest BCUT2D eigenvalue weighted by atomic mass is 10.3. The highest BCUT2D eigenvalue weighted by atomic mass is 35.5. The number of carbonyl (C=O) groups excluding carboxylic acids is 1. The summed E-state index contributed by atoms with van der Waals surface area (Å²) in [5.41, 5.74) is 0.291. The number of aromatic nitrogens is 2. The molecule has 3 aromatic rings. The summed E-state index contributed by atoms with van der Waals surface area (Å²) in [5, 5.41) is 16.6. The lowest BCUT2D eigenvalue weighted by molar-refractivity contribution is 0.102. The zero-order valence-corrected chi connectivity index (χ0v) is 14.6. The molecule has 3 rings (SSSR count). The summed E-state index contributed by atoms with van der Waals surface area (Å²) >= 11 is 11.5. The number of benzene rings is 2. The molecule has 2 aromatic carbocycles. The molecular weight excluding hydrogens is 384 g/mol. The van der Waals surface area contributed by atoms with Gasteiger partial charge in [-0.2, -0.15) is 5.10 Å². The Labute approximate surface area is 157 Å². The Morgan fingerprint density at radius 1 is 1.23 bits per heavy atom. The second-order valence-electron chi connectivity index (χ2n) is 5.21. The first kappa shape index (κ1) is 18.0. The minimum atomic E-state index is -0.540. The molecule has 0 aliphatic carbocycles. The minimum Gasteiger partial charge on any atom is -0.506 e. The summed E-state index contributed by atoms with van der Waals surface area (Å²) in [6.07, 6.45) is 1.54. The van der Waals surface area contributed by atoms with E-state index in [0.717, 1.165) is 0 Å². The first-order valence-corrected chi connectivity index (χ1v) is 8.09. The van der Waals surface area contributed by atoms with E-state index in [2.05, 4.69) is 10.4 Å². The van der Waals surface area contributed by atoms with Crippen LogP contribution in [0.4, 0.5) is 10.1 Å². The maximum atomic E-state index is 13.1. The Kier molecular flexibility index (Phi) is 5.29. The van der Waals surface area contributed by atoms with E-state index in [4.69, 9.17) is 27.9 Å². The Bertz CT molecular complexity index is 962. The normalized spacial score (nSPS) is 10.6. The number of halogens is 3. The van der Waals surface area contributed by atoms with Crippen LogP contribution in [0.25, 0.3) is 0 Å². The van der Waals surface area contributed by atoms with Gasteiger partial charge in [-0.15, -0.1) is 0 Å². The van der Waals surface area contributed by atoms with Crippen molar-refractivity contribution in [2.24, 2.45) is 0 Å². The number of phenolic OH excluding ortho intramolecular Hbond substituents is 1. The number of nitrogens with zero attached hydrogens (tertiary/aromatic N) is 2. The van der Waals surface area contributed by atoms with Crippen LogP contribution in [0, 0.1) is 5.82 Å². The van der Waals surface area contributed by atoms with Crippen molar-refractivity contribution in [1.29, 1.82) is 0 Å². The predicted molar refractivity (Wildman–Crippen MR) is 95.3 cm³/mol. The van der Waals surface area contributed by atoms with Crippen LogP contribution in [-0.4, -0.2) is 20.8 Å². The lowest BCUT2D eigenvalue weighted by Gasteiger charge is -2.07. The number of anilines is 1. The fourth-order valence-electron chi connectivity index (χ4n) is 2.06. The Morgan fingerprint density at radius 3 is 2.81 bits per heavy atom. The van der Waals surface area contributed by atoms with E-state index in [1.807, 2.05) is 0 Å². The van der Waals surface area contributed by atoms with Crippen molar-refractivity contribution >= 4 is 34.8 Å². The largest absolute Gasteiger partial charge is 0.506 e. The molecule has 0 saturated carbocycles. The standard InChI is InChI=1S/C17H12Cl2FN3O3/c18-10-1-4-16(24)15(7-10)21-17(25)14-5-6-23(22-14)9-26-11-2-3-13(20)12(19)8-11/h1-8,24H,9H2,(H,21,25). The van der Waals surface area contributed by atoms with Crippen LogP contribution in [-0.2, 0) is 6.73 Å². The molecule has 134 valence electrons. The van der Waals surface area contributed by atoms with Gasteiger partial charge in [-0.3, -0.25) is 4.79 Å². The van der Waals surface area contributed by atoms with Gasteiger partial charge in [-0.25, -0.2) is 9.07 Å². The zero-order valence-electron chi connectivity index (χ0n) is 13.1. The predicted octanol–water partition coefficient (Wildman–Crippen LogP) is 4.32. The molecule has 9 heteroatoms. The molecule has 0 spiro atoms. The van der Waals surface area contributed by atoms with Crippen molar-refractivity contribution in [3.63, 3.8) is 0 Å². The third kappa shape index (κ3) is 4.25. The third-order valence-corrected chi connectivity index (χ3v) is 3.86. The third-order valence-electron chi connectivity index (χ3n) is 3.33. The monoisotopic (exact) mass is 395 g/mol. The number of hydrogen-bond acceptors (Lipinski definition) is 4. The first-order chi connectivity index (χ1) is 12.4. The smallest absolute Gasteiger partial charge is 0.276 e. The molecule has 1 aromatic heterocycles. The molecule has 0 saturated heterocycles. The second kappa shape index (κ2) is 7.63. The molecule has 1 heterocycles. The Hall–Kier alpha value is -2.77. The minimum absolute atomic E-state index is 0.00232. The number of carbonyl (C=O) groups is 1. The molecule has 26 heavy (non-hydrogen) atoms. The molecular formula is C17H12Cl2FN3O3. The van der Waals surface area contributed by atoms with Gasteiger partial charge in [-0.1, -0.05) is 23.2 Å². The fraction of sp³-hybridized carbons (Fsp3) is 0.0588. The number of hydrogen-bond donors (Lipinski definition) is 2. The van der Waals surface area contributed by atoms with Gasteiger partial charge in [0.15, 0.2) is 12.4 Å². The van der Waals surface area contributed by atoms with Crippen molar-refractivity contribution in [2.45, 2.75) is 6.73 Å². The second-order valence-corrected chi connectivity index (χ2v) is 6.05. The van der Waals surface area contributed by atoms with Crippen molar-refractivity contribution in [1.82, 2.24) is 9.78 Å². The number of amides is 1. The van der Waals surface area contributed by atoms with Crippen LogP contribution in [0.1, 0.15) is 10.5 Å². The molecule has 1 amide bonds. The molecule has 0 aliphatic rings. The quantitative estimate of drug-likeness (QED) is 0.630. The summed E-state index contributed by atoms with van der Waals surface area (Å²) in [6, 6.07) is 9.75. The van der Waals surface area contributed by atoms with E-state index in [1.165, 1.54) is 53.3 Å². The van der Waals surface area contributed by atoms with Crippen LogP contribution in [0.3, 0.4) is 0 Å². The summed E-state index contributed by atoms with van der Waals surface area (Å²) in [7, 11) is 0. The van der Waals surface area contributed by atoms with Gasteiger partial charge in [0, 0.05) is 17.3 Å². The lowest BCUT2D eigenvalue weighted by Crippen LogP contribution is -2.14. The van der Waals surface area contributed by atoms with Gasteiger partial charge in [0.1, 0.15) is 17.3 Å². The van der Waals surface area contributed by atoms with E-state index < -0.39 is 11.7 Å². The maximum Gasteiger partial charge on any atom is 0.276 e. The average molecular weight is 396 g/mol. The zero-order chi connectivity index (χ0) is 18.7. The van der Waals surface area contributed by atoms with Gasteiger partial charge in [0.25, 0.3) is 5.91 Å². The van der Waals surface area contributed by atoms with Crippen molar-refractivity contribution in [2.75, 3.05) is 5.32 Å². The Morgan fingerprint density at radius 2 is 2.04 bits per heavy atom. The molecule has 0 unspecified atom stereocenters. The molecule has 0 radical (unpaired) electrons. The van der Waals surface area contributed by atoms with Crippen LogP contribution >= 0.6 is 23.2 Å². The number of aromatic hydroxyl groups is 1. The van der Waals surface area contributed by atoms with E-state index in [0.29, 0.717) is 10.8 Å². The van der Waals surface area contributed by atoms with Crippen LogP contribution in [0.5, 0.6) is 11.5 Å². The summed E-state index contributed by atoms with van der Waals surface area (Å²) < 4.78 is 19.9. The maximum absolute atomic E-state index is 13.1. The molecule has 0 fully saturated rings. The highest BCUT2D eigenvalue weighted by Gasteiger charge is 2.13. The van der Waals surface area contributed by atoms with E-state index in [-0.39, 0.29) is 28.9 Å². The number of nitrogens with one attached hydrogen (secondary N) is 1. The van der Waals surface area contributed by atoms with Crippen LogP contribution in [0.15, 0.2) is 48.7 Å². The fourth-order valence-corrected chi connectivity index (χ4v) is 2.40. The first-order valence-electron chi connectivity index (χ1n) is 7.33. The number of ether oxygens (including phenoxy) is 1. The number of rotatable bonds is 5. The molecule has 0 aliphatic heterocycles.